The summed E-state index contributed by atoms with van der Waals surface area (Å²) >= 11 is 0. The first-order valence-electron chi connectivity index (χ1n) is 6.08. The largest absolute Gasteiger partial charge is 0.409 e. The van der Waals surface area contributed by atoms with Crippen LogP contribution in [0.4, 0.5) is 0 Å². The predicted octanol–water partition coefficient (Wildman–Crippen LogP) is 0.476. The molecule has 0 saturated heterocycles. The molecule has 4 N–H and O–H groups in total. The van der Waals surface area contributed by atoms with Gasteiger partial charge in [0, 0.05) is 18.7 Å². The molecule has 0 heterocycles. The van der Waals surface area contributed by atoms with Gasteiger partial charge in [-0.3, -0.25) is 4.79 Å². The maximum Gasteiger partial charge on any atom is 0.224 e. The third kappa shape index (κ3) is 5.39. The highest BCUT2D eigenvalue weighted by atomic mass is 16.5. The second-order valence-corrected chi connectivity index (χ2v) is 3.91. The molecule has 6 nitrogen and oxygen atoms in total. The lowest BCUT2D eigenvalue weighted by Crippen LogP contribution is -2.28. The molecule has 0 fully saturated rings. The number of nitrogens with zero attached hydrogens (tertiary/aromatic N) is 1. The molecule has 6 heteroatoms. The number of amides is 1. The van der Waals surface area contributed by atoms with Crippen LogP contribution in [0.5, 0.6) is 0 Å². The van der Waals surface area contributed by atoms with Gasteiger partial charge in [0.05, 0.1) is 13.0 Å². The summed E-state index contributed by atoms with van der Waals surface area (Å²) in [5, 5.41) is 14.2. The molecule has 0 spiro atoms. The van der Waals surface area contributed by atoms with Crippen molar-refractivity contribution in [1.29, 1.82) is 0 Å². The fraction of sp³-hybridized carbons (Fsp3) is 0.385. The number of amidine groups is 1. The third-order valence-electron chi connectivity index (χ3n) is 2.49. The zero-order valence-corrected chi connectivity index (χ0v) is 10.9. The molecule has 0 unspecified atom stereocenters. The summed E-state index contributed by atoms with van der Waals surface area (Å²) in [7, 11) is 0. The van der Waals surface area contributed by atoms with Gasteiger partial charge in [0.2, 0.25) is 5.91 Å². The van der Waals surface area contributed by atoms with Gasteiger partial charge in [-0.25, -0.2) is 0 Å². The summed E-state index contributed by atoms with van der Waals surface area (Å²) in [6.07, 6.45) is 0.294. The standard InChI is InChI=1S/C13H19N3O3/c1-2-19-8-7-15-12(17)9-10-3-5-11(6-4-10)13(14)16-18/h3-6,18H,2,7-9H2,1H3,(H2,14,16)(H,15,17). The van der Waals surface area contributed by atoms with Crippen LogP contribution in [0, 0.1) is 0 Å². The molecule has 0 aliphatic rings. The van der Waals surface area contributed by atoms with Gasteiger partial charge in [0.15, 0.2) is 5.84 Å². The van der Waals surface area contributed by atoms with Gasteiger partial charge in [0.25, 0.3) is 0 Å². The van der Waals surface area contributed by atoms with Gasteiger partial charge in [-0.05, 0) is 12.5 Å². The van der Waals surface area contributed by atoms with E-state index in [1.807, 2.05) is 6.92 Å². The fourth-order valence-electron chi connectivity index (χ4n) is 1.51. The summed E-state index contributed by atoms with van der Waals surface area (Å²) < 4.78 is 5.12. The molecule has 0 radical (unpaired) electrons. The maximum atomic E-state index is 11.6. The van der Waals surface area contributed by atoms with E-state index in [4.69, 9.17) is 15.7 Å². The molecule has 1 amide bonds. The lowest BCUT2D eigenvalue weighted by molar-refractivity contribution is -0.120. The van der Waals surface area contributed by atoms with Crippen molar-refractivity contribution in [2.75, 3.05) is 19.8 Å². The van der Waals surface area contributed by atoms with Crippen LogP contribution in [0.2, 0.25) is 0 Å². The number of carbonyl (C=O) groups is 1. The number of rotatable bonds is 7. The number of nitrogens with two attached hydrogens (primary N) is 1. The highest BCUT2D eigenvalue weighted by molar-refractivity contribution is 5.97. The Morgan fingerprint density at radius 2 is 2.11 bits per heavy atom. The van der Waals surface area contributed by atoms with Crippen LogP contribution in [0.1, 0.15) is 18.1 Å². The zero-order valence-electron chi connectivity index (χ0n) is 10.9. The molecule has 0 saturated carbocycles. The van der Waals surface area contributed by atoms with Gasteiger partial charge in [0.1, 0.15) is 0 Å². The Hall–Kier alpha value is -2.08. The van der Waals surface area contributed by atoms with Crippen LogP contribution >= 0.6 is 0 Å². The fourth-order valence-corrected chi connectivity index (χ4v) is 1.51. The molecule has 1 aromatic carbocycles. The Balaban J connectivity index is 2.42. The average molecular weight is 265 g/mol. The number of nitrogens with one attached hydrogen (secondary N) is 1. The molecule has 1 rings (SSSR count). The summed E-state index contributed by atoms with van der Waals surface area (Å²) in [5.41, 5.74) is 6.92. The monoisotopic (exact) mass is 265 g/mol. The lowest BCUT2D eigenvalue weighted by Gasteiger charge is -2.06. The molecule has 104 valence electrons. The van der Waals surface area contributed by atoms with Gasteiger partial charge >= 0.3 is 0 Å². The number of oxime groups is 1. The van der Waals surface area contributed by atoms with Crippen LogP contribution in [-0.2, 0) is 16.0 Å². The van der Waals surface area contributed by atoms with Gasteiger partial charge in [-0.1, -0.05) is 29.4 Å². The van der Waals surface area contributed by atoms with E-state index in [9.17, 15) is 4.79 Å². The Morgan fingerprint density at radius 1 is 1.42 bits per heavy atom. The van der Waals surface area contributed by atoms with Crippen LogP contribution in [0.15, 0.2) is 29.4 Å². The smallest absolute Gasteiger partial charge is 0.224 e. The molecular weight excluding hydrogens is 246 g/mol. The first kappa shape index (κ1) is 15.0. The van der Waals surface area contributed by atoms with E-state index in [2.05, 4.69) is 10.5 Å². The van der Waals surface area contributed by atoms with E-state index < -0.39 is 0 Å². The highest BCUT2D eigenvalue weighted by Gasteiger charge is 2.04. The van der Waals surface area contributed by atoms with E-state index in [0.29, 0.717) is 31.7 Å². The number of carbonyl (C=O) groups excluding carboxylic acids is 1. The lowest BCUT2D eigenvalue weighted by atomic mass is 10.1. The second kappa shape index (κ2) is 8.10. The summed E-state index contributed by atoms with van der Waals surface area (Å²) in [5.74, 6) is -0.0102. The van der Waals surface area contributed by atoms with E-state index in [0.717, 1.165) is 5.56 Å². The highest BCUT2D eigenvalue weighted by Crippen LogP contribution is 2.05. The van der Waals surface area contributed by atoms with Crippen molar-refractivity contribution in [2.45, 2.75) is 13.3 Å². The van der Waals surface area contributed by atoms with Crippen molar-refractivity contribution >= 4 is 11.7 Å². The maximum absolute atomic E-state index is 11.6. The Morgan fingerprint density at radius 3 is 2.68 bits per heavy atom. The Kier molecular flexibility index (Phi) is 6.38. The van der Waals surface area contributed by atoms with E-state index in [1.165, 1.54) is 0 Å². The Bertz CT molecular complexity index is 429. The molecule has 0 atom stereocenters. The van der Waals surface area contributed by atoms with E-state index in [-0.39, 0.29) is 11.7 Å². The van der Waals surface area contributed by atoms with Crippen LogP contribution in [0.25, 0.3) is 0 Å². The minimum absolute atomic E-state index is 0.0488. The molecule has 1 aromatic rings. The Labute approximate surface area is 112 Å². The van der Waals surface area contributed by atoms with Crippen molar-refractivity contribution < 1.29 is 14.7 Å². The quantitative estimate of drug-likeness (QED) is 0.219. The van der Waals surface area contributed by atoms with Gasteiger partial charge in [-0.15, -0.1) is 0 Å². The van der Waals surface area contributed by atoms with Crippen molar-refractivity contribution in [1.82, 2.24) is 5.32 Å². The zero-order chi connectivity index (χ0) is 14.1. The number of benzene rings is 1. The van der Waals surface area contributed by atoms with Gasteiger partial charge < -0.3 is 21.0 Å². The van der Waals surface area contributed by atoms with Crippen LogP contribution in [0.3, 0.4) is 0 Å². The molecular formula is C13H19N3O3. The molecule has 0 bridgehead atoms. The third-order valence-corrected chi connectivity index (χ3v) is 2.49. The number of ether oxygens (including phenoxy) is 1. The first-order chi connectivity index (χ1) is 9.17. The molecule has 19 heavy (non-hydrogen) atoms. The van der Waals surface area contributed by atoms with Crippen molar-refractivity contribution in [3.8, 4) is 0 Å². The molecule has 0 aliphatic carbocycles. The summed E-state index contributed by atoms with van der Waals surface area (Å²) in [6.45, 7) is 3.58. The minimum atomic E-state index is -0.0590. The molecule has 0 aliphatic heterocycles. The van der Waals surface area contributed by atoms with E-state index in [1.54, 1.807) is 24.3 Å². The van der Waals surface area contributed by atoms with Gasteiger partial charge in [-0.2, -0.15) is 0 Å². The number of hydrogen-bond donors (Lipinski definition) is 3. The predicted molar refractivity (Wildman–Crippen MR) is 72.2 cm³/mol. The SMILES string of the molecule is CCOCCNC(=O)Cc1ccc(C(N)=NO)cc1. The van der Waals surface area contributed by atoms with Crippen molar-refractivity contribution in [3.63, 3.8) is 0 Å². The molecule has 0 aromatic heterocycles. The van der Waals surface area contributed by atoms with E-state index >= 15 is 0 Å². The number of hydrogen-bond acceptors (Lipinski definition) is 4. The summed E-state index contributed by atoms with van der Waals surface area (Å²) in [6, 6.07) is 6.96. The van der Waals surface area contributed by atoms with Crippen LogP contribution < -0.4 is 11.1 Å². The van der Waals surface area contributed by atoms with Crippen molar-refractivity contribution in [3.05, 3.63) is 35.4 Å². The average Bonchev–Trinajstić information content (AvgIpc) is 2.43. The topological polar surface area (TPSA) is 96.9 Å². The minimum Gasteiger partial charge on any atom is -0.409 e. The second-order valence-electron chi connectivity index (χ2n) is 3.91. The van der Waals surface area contributed by atoms with Crippen molar-refractivity contribution in [2.24, 2.45) is 10.9 Å². The summed E-state index contributed by atoms with van der Waals surface area (Å²) in [4.78, 5) is 11.6. The first-order valence-corrected chi connectivity index (χ1v) is 6.08. The normalized spacial score (nSPS) is 11.3. The van der Waals surface area contributed by atoms with Crippen LogP contribution in [-0.4, -0.2) is 36.7 Å².